The van der Waals surface area contributed by atoms with Crippen LogP contribution in [0.1, 0.15) is 34.8 Å². The molecule has 0 unspecified atom stereocenters. The molecular weight excluding hydrogens is 378 g/mol. The Morgan fingerprint density at radius 1 is 0.933 bits per heavy atom. The van der Waals surface area contributed by atoms with E-state index in [1.165, 1.54) is 0 Å². The van der Waals surface area contributed by atoms with E-state index >= 15 is 0 Å². The highest BCUT2D eigenvalue weighted by Gasteiger charge is 2.25. The maximum absolute atomic E-state index is 13.1. The number of para-hydroxylation sites is 1. The minimum atomic E-state index is -0.599. The zero-order chi connectivity index (χ0) is 20.8. The first-order valence-corrected chi connectivity index (χ1v) is 9.72. The van der Waals surface area contributed by atoms with Crippen LogP contribution in [0.2, 0.25) is 0 Å². The molecule has 0 aliphatic carbocycles. The minimum absolute atomic E-state index is 0.285. The van der Waals surface area contributed by atoms with E-state index in [0.717, 1.165) is 11.1 Å². The summed E-state index contributed by atoms with van der Waals surface area (Å²) in [4.78, 5) is 13.1. The van der Waals surface area contributed by atoms with Gasteiger partial charge in [-0.1, -0.05) is 60.7 Å². The van der Waals surface area contributed by atoms with Crippen molar-refractivity contribution in [2.24, 2.45) is 0 Å². The fourth-order valence-corrected chi connectivity index (χ4v) is 3.13. The van der Waals surface area contributed by atoms with Gasteiger partial charge in [0.25, 0.3) is 5.91 Å². The molecule has 30 heavy (non-hydrogen) atoms. The Morgan fingerprint density at radius 2 is 1.60 bits per heavy atom. The van der Waals surface area contributed by atoms with Gasteiger partial charge in [-0.3, -0.25) is 4.79 Å². The average Bonchev–Trinajstić information content (AvgIpc) is 3.29. The van der Waals surface area contributed by atoms with E-state index in [-0.39, 0.29) is 5.91 Å². The molecular formula is C24H21N3O3. The van der Waals surface area contributed by atoms with Crippen LogP contribution >= 0.6 is 0 Å². The molecule has 6 heteroatoms. The van der Waals surface area contributed by atoms with Crippen molar-refractivity contribution >= 4 is 5.91 Å². The summed E-state index contributed by atoms with van der Waals surface area (Å²) in [5.41, 5.74) is 2.10. The van der Waals surface area contributed by atoms with Crippen molar-refractivity contribution in [3.63, 3.8) is 0 Å². The Kier molecular flexibility index (Phi) is 5.85. The standard InChI is InChI=1S/C24H21N3O3/c1-2-29-20-16-10-9-15-19(20)22(28)25-21(17-11-5-3-6-12-17)24-27-26-23(30-24)18-13-7-4-8-14-18/h3-16,21H,2H2,1H3,(H,25,28)/t21-/m1/s1. The zero-order valence-corrected chi connectivity index (χ0v) is 16.5. The summed E-state index contributed by atoms with van der Waals surface area (Å²) in [6.07, 6.45) is 0. The van der Waals surface area contributed by atoms with Gasteiger partial charge in [0.1, 0.15) is 11.8 Å². The van der Waals surface area contributed by atoms with Gasteiger partial charge in [-0.2, -0.15) is 0 Å². The molecule has 4 aromatic rings. The summed E-state index contributed by atoms with van der Waals surface area (Å²) in [7, 11) is 0. The summed E-state index contributed by atoms with van der Waals surface area (Å²) in [6.45, 7) is 2.35. The van der Waals surface area contributed by atoms with Gasteiger partial charge in [0.05, 0.1) is 12.2 Å². The lowest BCUT2D eigenvalue weighted by atomic mass is 10.1. The molecule has 0 saturated carbocycles. The Morgan fingerprint density at radius 3 is 2.33 bits per heavy atom. The third-order valence-corrected chi connectivity index (χ3v) is 4.55. The number of hydrogen-bond donors (Lipinski definition) is 1. The van der Waals surface area contributed by atoms with Crippen molar-refractivity contribution in [3.05, 3.63) is 102 Å². The first-order valence-electron chi connectivity index (χ1n) is 9.72. The number of ether oxygens (including phenoxy) is 1. The highest BCUT2D eigenvalue weighted by molar-refractivity contribution is 5.97. The lowest BCUT2D eigenvalue weighted by Crippen LogP contribution is -2.30. The number of rotatable bonds is 7. The molecule has 6 nitrogen and oxygen atoms in total. The molecule has 1 N–H and O–H groups in total. The predicted octanol–water partition coefficient (Wildman–Crippen LogP) is 4.65. The number of carbonyl (C=O) groups is 1. The number of aromatic nitrogens is 2. The number of nitrogens with one attached hydrogen (secondary N) is 1. The molecule has 150 valence electrons. The maximum atomic E-state index is 13.1. The van der Waals surface area contributed by atoms with Gasteiger partial charge < -0.3 is 14.5 Å². The van der Waals surface area contributed by atoms with Crippen LogP contribution in [0.3, 0.4) is 0 Å². The van der Waals surface area contributed by atoms with Crippen LogP contribution in [0.5, 0.6) is 5.75 Å². The highest BCUT2D eigenvalue weighted by Crippen LogP contribution is 2.26. The maximum Gasteiger partial charge on any atom is 0.255 e. The van der Waals surface area contributed by atoms with Gasteiger partial charge in [0, 0.05) is 5.56 Å². The number of carbonyl (C=O) groups excluding carboxylic acids is 1. The molecule has 0 spiro atoms. The quantitative estimate of drug-likeness (QED) is 0.489. The van der Waals surface area contributed by atoms with E-state index in [1.54, 1.807) is 18.2 Å². The third-order valence-electron chi connectivity index (χ3n) is 4.55. The topological polar surface area (TPSA) is 77.2 Å². The van der Waals surface area contributed by atoms with Crippen LogP contribution in [-0.4, -0.2) is 22.7 Å². The van der Waals surface area contributed by atoms with Crippen molar-refractivity contribution in [2.45, 2.75) is 13.0 Å². The van der Waals surface area contributed by atoms with Crippen molar-refractivity contribution in [1.82, 2.24) is 15.5 Å². The van der Waals surface area contributed by atoms with Crippen molar-refractivity contribution in [2.75, 3.05) is 6.61 Å². The molecule has 0 aliphatic heterocycles. The summed E-state index contributed by atoms with van der Waals surface area (Å²) in [5.74, 6) is 0.949. The monoisotopic (exact) mass is 399 g/mol. The number of nitrogens with zero attached hydrogens (tertiary/aromatic N) is 2. The van der Waals surface area contributed by atoms with Crippen molar-refractivity contribution < 1.29 is 13.9 Å². The Hall–Kier alpha value is -3.93. The van der Waals surface area contributed by atoms with Crippen LogP contribution in [0.4, 0.5) is 0 Å². The summed E-state index contributed by atoms with van der Waals surface area (Å²) < 4.78 is 11.5. The fraction of sp³-hybridized carbons (Fsp3) is 0.125. The number of hydrogen-bond acceptors (Lipinski definition) is 5. The minimum Gasteiger partial charge on any atom is -0.493 e. The van der Waals surface area contributed by atoms with Crippen LogP contribution < -0.4 is 10.1 Å². The van der Waals surface area contributed by atoms with Crippen molar-refractivity contribution in [3.8, 4) is 17.2 Å². The number of amides is 1. The highest BCUT2D eigenvalue weighted by atomic mass is 16.5. The van der Waals surface area contributed by atoms with Gasteiger partial charge >= 0.3 is 0 Å². The molecule has 0 saturated heterocycles. The van der Waals surface area contributed by atoms with Gasteiger partial charge in [0.2, 0.25) is 11.8 Å². The van der Waals surface area contributed by atoms with Crippen LogP contribution in [0.15, 0.2) is 89.3 Å². The lowest BCUT2D eigenvalue weighted by molar-refractivity contribution is 0.0934. The SMILES string of the molecule is CCOc1ccccc1C(=O)N[C@H](c1ccccc1)c1nnc(-c2ccccc2)o1. The van der Waals surface area contributed by atoms with E-state index < -0.39 is 6.04 Å². The summed E-state index contributed by atoms with van der Waals surface area (Å²) in [6, 6.07) is 25.6. The van der Waals surface area contributed by atoms with Gasteiger partial charge in [-0.25, -0.2) is 0 Å². The Bertz CT molecular complexity index is 1110. The molecule has 1 aromatic heterocycles. The fourth-order valence-electron chi connectivity index (χ4n) is 3.13. The average molecular weight is 399 g/mol. The van der Waals surface area contributed by atoms with E-state index in [1.807, 2.05) is 73.7 Å². The molecule has 0 bridgehead atoms. The molecule has 1 atom stereocenters. The van der Waals surface area contributed by atoms with Crippen LogP contribution in [0, 0.1) is 0 Å². The molecule has 1 heterocycles. The van der Waals surface area contributed by atoms with E-state index in [4.69, 9.17) is 9.15 Å². The smallest absolute Gasteiger partial charge is 0.255 e. The van der Waals surface area contributed by atoms with Crippen LogP contribution in [-0.2, 0) is 0 Å². The predicted molar refractivity (Wildman–Crippen MR) is 113 cm³/mol. The van der Waals surface area contributed by atoms with E-state index in [9.17, 15) is 4.79 Å². The van der Waals surface area contributed by atoms with Gasteiger partial charge in [-0.15, -0.1) is 10.2 Å². The number of benzene rings is 3. The molecule has 3 aromatic carbocycles. The summed E-state index contributed by atoms with van der Waals surface area (Å²) >= 11 is 0. The second-order valence-corrected chi connectivity index (χ2v) is 6.56. The Labute approximate surface area is 174 Å². The lowest BCUT2D eigenvalue weighted by Gasteiger charge is -2.17. The zero-order valence-electron chi connectivity index (χ0n) is 16.5. The molecule has 0 fully saturated rings. The second-order valence-electron chi connectivity index (χ2n) is 6.56. The molecule has 0 aliphatic rings. The molecule has 4 rings (SSSR count). The van der Waals surface area contributed by atoms with Crippen molar-refractivity contribution in [1.29, 1.82) is 0 Å². The van der Waals surface area contributed by atoms with E-state index in [2.05, 4.69) is 15.5 Å². The van der Waals surface area contributed by atoms with Crippen LogP contribution in [0.25, 0.3) is 11.5 Å². The largest absolute Gasteiger partial charge is 0.493 e. The second kappa shape index (κ2) is 9.05. The Balaban J connectivity index is 1.67. The first kappa shape index (κ1) is 19.4. The third kappa shape index (κ3) is 4.22. The van der Waals surface area contributed by atoms with Gasteiger partial charge in [0.15, 0.2) is 0 Å². The molecule has 0 radical (unpaired) electrons. The normalized spacial score (nSPS) is 11.6. The molecule has 1 amide bonds. The van der Waals surface area contributed by atoms with E-state index in [0.29, 0.717) is 29.7 Å². The first-order chi connectivity index (χ1) is 14.8. The summed E-state index contributed by atoms with van der Waals surface area (Å²) in [5, 5.41) is 11.4. The van der Waals surface area contributed by atoms with Gasteiger partial charge in [-0.05, 0) is 36.8 Å².